The fourth-order valence-corrected chi connectivity index (χ4v) is 1.98. The third-order valence-corrected chi connectivity index (χ3v) is 3.55. The summed E-state index contributed by atoms with van der Waals surface area (Å²) in [4.78, 5) is 10.9. The molecule has 18 heavy (non-hydrogen) atoms. The number of nitrogens with two attached hydrogens (primary N) is 1. The van der Waals surface area contributed by atoms with Crippen LogP contribution in [0.4, 0.5) is 11.5 Å². The molecule has 2 aromatic rings. The molecule has 2 N–H and O–H groups in total. The summed E-state index contributed by atoms with van der Waals surface area (Å²) >= 11 is 0. The first-order valence-electron chi connectivity index (χ1n) is 6.23. The molecule has 1 atom stereocenters. The molecule has 0 aliphatic heterocycles. The second-order valence-electron chi connectivity index (χ2n) is 5.07. The largest absolute Gasteiger partial charge is 0.399 e. The third kappa shape index (κ3) is 2.23. The Morgan fingerprint density at radius 1 is 1.17 bits per heavy atom. The van der Waals surface area contributed by atoms with Gasteiger partial charge in [0.15, 0.2) is 0 Å². The van der Waals surface area contributed by atoms with Crippen LogP contribution < -0.4 is 10.6 Å². The molecule has 1 aromatic heterocycles. The zero-order valence-corrected chi connectivity index (χ0v) is 11.4. The summed E-state index contributed by atoms with van der Waals surface area (Å²) < 4.78 is 0. The summed E-state index contributed by atoms with van der Waals surface area (Å²) in [5.41, 5.74) is 7.40. The van der Waals surface area contributed by atoms with Gasteiger partial charge < -0.3 is 10.6 Å². The fourth-order valence-electron chi connectivity index (χ4n) is 1.98. The maximum absolute atomic E-state index is 5.78. The lowest BCUT2D eigenvalue weighted by molar-refractivity contribution is 0.503. The lowest BCUT2D eigenvalue weighted by Crippen LogP contribution is -2.33. The molecule has 4 nitrogen and oxygen atoms in total. The third-order valence-electron chi connectivity index (χ3n) is 3.55. The Hall–Kier alpha value is -1.84. The molecule has 0 aliphatic carbocycles. The van der Waals surface area contributed by atoms with Crippen LogP contribution in [0.25, 0.3) is 10.9 Å². The smallest absolute Gasteiger partial charge is 0.139 e. The standard InChI is InChI=1S/C14H20N4/c1-9(2)10(3)18(4)14-12-6-5-11(15)7-13(12)16-8-17-14/h5-10H,15H2,1-4H3. The van der Waals surface area contributed by atoms with Crippen molar-refractivity contribution < 1.29 is 0 Å². The summed E-state index contributed by atoms with van der Waals surface area (Å²) in [7, 11) is 2.07. The minimum Gasteiger partial charge on any atom is -0.399 e. The average molecular weight is 244 g/mol. The molecule has 0 saturated carbocycles. The molecule has 0 fully saturated rings. The highest BCUT2D eigenvalue weighted by molar-refractivity contribution is 5.91. The van der Waals surface area contributed by atoms with E-state index in [-0.39, 0.29) is 0 Å². The lowest BCUT2D eigenvalue weighted by atomic mass is 10.0. The zero-order chi connectivity index (χ0) is 13.3. The molecule has 1 aromatic carbocycles. The normalized spacial score (nSPS) is 12.9. The van der Waals surface area contributed by atoms with Gasteiger partial charge >= 0.3 is 0 Å². The number of hydrogen-bond acceptors (Lipinski definition) is 4. The first-order chi connectivity index (χ1) is 8.50. The van der Waals surface area contributed by atoms with Gasteiger partial charge in [-0.25, -0.2) is 9.97 Å². The second kappa shape index (κ2) is 4.80. The van der Waals surface area contributed by atoms with Gasteiger partial charge in [0.25, 0.3) is 0 Å². The van der Waals surface area contributed by atoms with Gasteiger partial charge in [-0.05, 0) is 31.0 Å². The molecule has 0 aliphatic rings. The fraction of sp³-hybridized carbons (Fsp3) is 0.429. The summed E-state index contributed by atoms with van der Waals surface area (Å²) in [6.45, 7) is 6.63. The van der Waals surface area contributed by atoms with Crippen LogP contribution in [0, 0.1) is 5.92 Å². The van der Waals surface area contributed by atoms with Crippen LogP contribution in [-0.4, -0.2) is 23.1 Å². The zero-order valence-electron chi connectivity index (χ0n) is 11.4. The summed E-state index contributed by atoms with van der Waals surface area (Å²) in [6, 6.07) is 6.18. The molecule has 0 radical (unpaired) electrons. The van der Waals surface area contributed by atoms with Crippen molar-refractivity contribution in [2.45, 2.75) is 26.8 Å². The van der Waals surface area contributed by atoms with Crippen molar-refractivity contribution in [3.8, 4) is 0 Å². The van der Waals surface area contributed by atoms with E-state index in [4.69, 9.17) is 5.73 Å². The number of fused-ring (bicyclic) bond motifs is 1. The van der Waals surface area contributed by atoms with E-state index >= 15 is 0 Å². The maximum Gasteiger partial charge on any atom is 0.139 e. The number of aromatic nitrogens is 2. The minimum absolute atomic E-state index is 0.417. The van der Waals surface area contributed by atoms with Crippen LogP contribution in [0.5, 0.6) is 0 Å². The molecule has 1 heterocycles. The van der Waals surface area contributed by atoms with Crippen molar-refractivity contribution in [2.75, 3.05) is 17.7 Å². The summed E-state index contributed by atoms with van der Waals surface area (Å²) in [6.07, 6.45) is 1.60. The number of anilines is 2. The Labute approximate surface area is 108 Å². The Balaban J connectivity index is 2.51. The van der Waals surface area contributed by atoms with Crippen molar-refractivity contribution in [3.05, 3.63) is 24.5 Å². The predicted molar refractivity (Wildman–Crippen MR) is 76.7 cm³/mol. The Morgan fingerprint density at radius 2 is 1.89 bits per heavy atom. The molecule has 2 rings (SSSR count). The van der Waals surface area contributed by atoms with Crippen LogP contribution in [0.2, 0.25) is 0 Å². The first kappa shape index (κ1) is 12.6. The van der Waals surface area contributed by atoms with Crippen LogP contribution in [0.15, 0.2) is 24.5 Å². The van der Waals surface area contributed by atoms with Crippen molar-refractivity contribution >= 4 is 22.4 Å². The van der Waals surface area contributed by atoms with Gasteiger partial charge in [0, 0.05) is 24.2 Å². The average Bonchev–Trinajstić information content (AvgIpc) is 2.35. The number of hydrogen-bond donors (Lipinski definition) is 1. The highest BCUT2D eigenvalue weighted by Gasteiger charge is 2.17. The molecule has 0 bridgehead atoms. The van der Waals surface area contributed by atoms with Crippen LogP contribution in [-0.2, 0) is 0 Å². The van der Waals surface area contributed by atoms with Gasteiger partial charge in [-0.3, -0.25) is 0 Å². The minimum atomic E-state index is 0.417. The van der Waals surface area contributed by atoms with Crippen molar-refractivity contribution in [3.63, 3.8) is 0 Å². The Kier molecular flexibility index (Phi) is 3.36. The molecule has 96 valence electrons. The van der Waals surface area contributed by atoms with Crippen LogP contribution in [0.3, 0.4) is 0 Å². The van der Waals surface area contributed by atoms with Crippen LogP contribution >= 0.6 is 0 Å². The molecular formula is C14H20N4. The van der Waals surface area contributed by atoms with Gasteiger partial charge in [0.2, 0.25) is 0 Å². The monoisotopic (exact) mass is 244 g/mol. The van der Waals surface area contributed by atoms with Crippen molar-refractivity contribution in [2.24, 2.45) is 5.92 Å². The molecule has 0 amide bonds. The van der Waals surface area contributed by atoms with Gasteiger partial charge in [0.1, 0.15) is 12.1 Å². The predicted octanol–water partition coefficient (Wildman–Crippen LogP) is 2.69. The van der Waals surface area contributed by atoms with Gasteiger partial charge in [-0.15, -0.1) is 0 Å². The molecule has 0 saturated heterocycles. The quantitative estimate of drug-likeness (QED) is 0.843. The van der Waals surface area contributed by atoms with Gasteiger partial charge in [0.05, 0.1) is 5.52 Å². The molecule has 0 spiro atoms. The van der Waals surface area contributed by atoms with E-state index in [0.29, 0.717) is 12.0 Å². The van der Waals surface area contributed by atoms with E-state index in [0.717, 1.165) is 22.4 Å². The van der Waals surface area contributed by atoms with Gasteiger partial charge in [-0.2, -0.15) is 0 Å². The Morgan fingerprint density at radius 3 is 2.56 bits per heavy atom. The number of benzene rings is 1. The second-order valence-corrected chi connectivity index (χ2v) is 5.07. The molecular weight excluding hydrogens is 224 g/mol. The number of nitrogen functional groups attached to an aromatic ring is 1. The van der Waals surface area contributed by atoms with Crippen molar-refractivity contribution in [1.29, 1.82) is 0 Å². The highest BCUT2D eigenvalue weighted by atomic mass is 15.2. The van der Waals surface area contributed by atoms with E-state index < -0.39 is 0 Å². The van der Waals surface area contributed by atoms with E-state index in [1.807, 2.05) is 18.2 Å². The summed E-state index contributed by atoms with van der Waals surface area (Å²) in [5.74, 6) is 1.52. The van der Waals surface area contributed by atoms with Crippen molar-refractivity contribution in [1.82, 2.24) is 9.97 Å². The van der Waals surface area contributed by atoms with E-state index in [9.17, 15) is 0 Å². The maximum atomic E-state index is 5.78. The Bertz CT molecular complexity index is 550. The number of rotatable bonds is 3. The van der Waals surface area contributed by atoms with E-state index in [2.05, 4.69) is 42.7 Å². The van der Waals surface area contributed by atoms with Crippen LogP contribution in [0.1, 0.15) is 20.8 Å². The first-order valence-corrected chi connectivity index (χ1v) is 6.23. The molecule has 4 heteroatoms. The van der Waals surface area contributed by atoms with Gasteiger partial charge in [-0.1, -0.05) is 13.8 Å². The van der Waals surface area contributed by atoms with E-state index in [1.54, 1.807) is 6.33 Å². The SMILES string of the molecule is CC(C)C(C)N(C)c1ncnc2cc(N)ccc12. The molecule has 1 unspecified atom stereocenters. The lowest BCUT2D eigenvalue weighted by Gasteiger charge is -2.29. The summed E-state index contributed by atoms with van der Waals surface area (Å²) in [5, 5.41) is 1.04. The number of nitrogens with zero attached hydrogens (tertiary/aromatic N) is 3. The topological polar surface area (TPSA) is 55.0 Å². The highest BCUT2D eigenvalue weighted by Crippen LogP contribution is 2.26. The van der Waals surface area contributed by atoms with E-state index in [1.165, 1.54) is 0 Å².